The van der Waals surface area contributed by atoms with Gasteiger partial charge in [0.2, 0.25) is 0 Å². The summed E-state index contributed by atoms with van der Waals surface area (Å²) in [6.45, 7) is 7.54. The summed E-state index contributed by atoms with van der Waals surface area (Å²) in [6.07, 6.45) is 2.05. The first-order chi connectivity index (χ1) is 8.54. The van der Waals surface area contributed by atoms with Crippen molar-refractivity contribution in [2.24, 2.45) is 0 Å². The maximum atomic E-state index is 5.33. The molecule has 0 aliphatic rings. The van der Waals surface area contributed by atoms with E-state index in [1.807, 2.05) is 0 Å². The molecule has 0 aliphatic heterocycles. The van der Waals surface area contributed by atoms with Gasteiger partial charge in [0.15, 0.2) is 4.77 Å². The van der Waals surface area contributed by atoms with E-state index in [0.29, 0.717) is 0 Å². The van der Waals surface area contributed by atoms with Gasteiger partial charge in [0.25, 0.3) is 0 Å². The van der Waals surface area contributed by atoms with Crippen LogP contribution in [0.3, 0.4) is 0 Å². The molecule has 18 heavy (non-hydrogen) atoms. The molecule has 2 aromatic heterocycles. The highest BCUT2D eigenvalue weighted by molar-refractivity contribution is 7.71. The van der Waals surface area contributed by atoms with Crippen molar-refractivity contribution in [3.63, 3.8) is 0 Å². The van der Waals surface area contributed by atoms with E-state index in [2.05, 4.69) is 53.0 Å². The van der Waals surface area contributed by atoms with Gasteiger partial charge in [-0.2, -0.15) is 5.10 Å². The smallest absolute Gasteiger partial charge is 0.195 e. The van der Waals surface area contributed by atoms with Crippen molar-refractivity contribution in [2.75, 3.05) is 0 Å². The predicted molar refractivity (Wildman–Crippen MR) is 78.8 cm³/mol. The Bertz CT molecular complexity index is 549. The lowest BCUT2D eigenvalue weighted by Gasteiger charge is -2.24. The average molecular weight is 281 g/mol. The van der Waals surface area contributed by atoms with Gasteiger partial charge in [0, 0.05) is 23.3 Å². The normalized spacial score (nSPS) is 11.9. The molecule has 0 bridgehead atoms. The largest absolute Gasteiger partial charge is 0.303 e. The molecular formula is C13H19N3S2. The van der Waals surface area contributed by atoms with Crippen LogP contribution in [0, 0.1) is 4.77 Å². The zero-order chi connectivity index (χ0) is 13.2. The van der Waals surface area contributed by atoms with Gasteiger partial charge in [0.1, 0.15) is 5.82 Å². The van der Waals surface area contributed by atoms with Crippen molar-refractivity contribution in [3.05, 3.63) is 33.0 Å². The number of thiophene rings is 1. The summed E-state index contributed by atoms with van der Waals surface area (Å²) in [4.78, 5) is 1.38. The van der Waals surface area contributed by atoms with E-state index in [1.165, 1.54) is 4.88 Å². The Morgan fingerprint density at radius 3 is 2.89 bits per heavy atom. The molecule has 0 saturated carbocycles. The minimum Gasteiger partial charge on any atom is -0.303 e. The number of hydrogen-bond donors (Lipinski definition) is 1. The SMILES string of the molecule is CCCc1n[nH]c(=S)n1CC(C)(C)c1cccs1. The van der Waals surface area contributed by atoms with Crippen LogP contribution in [0.5, 0.6) is 0 Å². The van der Waals surface area contributed by atoms with Crippen LogP contribution in [0.4, 0.5) is 0 Å². The molecule has 5 heteroatoms. The summed E-state index contributed by atoms with van der Waals surface area (Å²) < 4.78 is 2.86. The minimum atomic E-state index is 0.0821. The number of rotatable bonds is 5. The van der Waals surface area contributed by atoms with Crippen molar-refractivity contribution in [3.8, 4) is 0 Å². The third kappa shape index (κ3) is 2.72. The Morgan fingerprint density at radius 2 is 2.28 bits per heavy atom. The molecular weight excluding hydrogens is 262 g/mol. The van der Waals surface area contributed by atoms with Crippen LogP contribution < -0.4 is 0 Å². The van der Waals surface area contributed by atoms with Crippen molar-refractivity contribution in [1.82, 2.24) is 14.8 Å². The van der Waals surface area contributed by atoms with Crippen molar-refractivity contribution in [1.29, 1.82) is 0 Å². The molecule has 0 unspecified atom stereocenters. The Morgan fingerprint density at radius 1 is 1.50 bits per heavy atom. The monoisotopic (exact) mass is 281 g/mol. The molecule has 0 atom stereocenters. The Hall–Kier alpha value is -0.940. The second-order valence-corrected chi connectivity index (χ2v) is 6.48. The lowest BCUT2D eigenvalue weighted by atomic mass is 9.91. The molecule has 2 heterocycles. The second-order valence-electron chi connectivity index (χ2n) is 5.14. The van der Waals surface area contributed by atoms with Crippen molar-refractivity contribution in [2.45, 2.75) is 45.6 Å². The number of nitrogens with one attached hydrogen (secondary N) is 1. The van der Waals surface area contributed by atoms with Crippen LogP contribution in [-0.2, 0) is 18.4 Å². The summed E-state index contributed by atoms with van der Waals surface area (Å²) in [5.41, 5.74) is 0.0821. The van der Waals surface area contributed by atoms with Crippen LogP contribution >= 0.6 is 23.6 Å². The Balaban J connectivity index is 2.28. The maximum absolute atomic E-state index is 5.33. The first kappa shape index (κ1) is 13.5. The summed E-state index contributed by atoms with van der Waals surface area (Å²) in [6, 6.07) is 4.29. The quantitative estimate of drug-likeness (QED) is 0.842. The molecule has 0 radical (unpaired) electrons. The number of hydrogen-bond acceptors (Lipinski definition) is 3. The number of aryl methyl sites for hydroxylation is 1. The van der Waals surface area contributed by atoms with E-state index >= 15 is 0 Å². The molecule has 0 aromatic carbocycles. The number of aromatic amines is 1. The molecule has 0 amide bonds. The highest BCUT2D eigenvalue weighted by atomic mass is 32.1. The highest BCUT2D eigenvalue weighted by Crippen LogP contribution is 2.29. The molecule has 1 N–H and O–H groups in total. The third-order valence-electron chi connectivity index (χ3n) is 3.05. The van der Waals surface area contributed by atoms with E-state index in [1.54, 1.807) is 11.3 Å². The fourth-order valence-electron chi connectivity index (χ4n) is 2.06. The van der Waals surface area contributed by atoms with Crippen LogP contribution in [-0.4, -0.2) is 14.8 Å². The zero-order valence-corrected chi connectivity index (χ0v) is 12.7. The molecule has 0 aliphatic carbocycles. The van der Waals surface area contributed by atoms with E-state index in [4.69, 9.17) is 12.2 Å². The predicted octanol–water partition coefficient (Wildman–Crippen LogP) is 3.93. The molecule has 0 saturated heterocycles. The summed E-state index contributed by atoms with van der Waals surface area (Å²) >= 11 is 7.13. The van der Waals surface area contributed by atoms with Crippen LogP contribution in [0.2, 0.25) is 0 Å². The van der Waals surface area contributed by atoms with Gasteiger partial charge < -0.3 is 4.57 Å². The van der Waals surface area contributed by atoms with Gasteiger partial charge in [-0.1, -0.05) is 26.8 Å². The molecule has 2 aromatic rings. The Kier molecular flexibility index (Phi) is 4.02. The van der Waals surface area contributed by atoms with Gasteiger partial charge in [-0.25, -0.2) is 0 Å². The van der Waals surface area contributed by atoms with Crippen LogP contribution in [0.1, 0.15) is 37.9 Å². The molecule has 2 rings (SSSR count). The topological polar surface area (TPSA) is 33.6 Å². The molecule has 3 nitrogen and oxygen atoms in total. The zero-order valence-electron chi connectivity index (χ0n) is 11.1. The minimum absolute atomic E-state index is 0.0821. The lowest BCUT2D eigenvalue weighted by molar-refractivity contribution is 0.429. The fraction of sp³-hybridized carbons (Fsp3) is 0.538. The molecule has 98 valence electrons. The first-order valence-electron chi connectivity index (χ1n) is 6.22. The van der Waals surface area contributed by atoms with Gasteiger partial charge in [-0.15, -0.1) is 11.3 Å². The maximum Gasteiger partial charge on any atom is 0.195 e. The lowest BCUT2D eigenvalue weighted by Crippen LogP contribution is -2.24. The summed E-state index contributed by atoms with van der Waals surface area (Å²) in [5.74, 6) is 1.06. The van der Waals surface area contributed by atoms with Crippen molar-refractivity contribution < 1.29 is 0 Å². The third-order valence-corrected chi connectivity index (χ3v) is 4.60. The highest BCUT2D eigenvalue weighted by Gasteiger charge is 2.24. The standard InChI is InChI=1S/C13H19N3S2/c1-4-6-11-14-15-12(17)16(11)9-13(2,3)10-7-5-8-18-10/h5,7-8H,4,6,9H2,1-3H3,(H,15,17). The van der Waals surface area contributed by atoms with Crippen molar-refractivity contribution >= 4 is 23.6 Å². The van der Waals surface area contributed by atoms with Gasteiger partial charge >= 0.3 is 0 Å². The van der Waals surface area contributed by atoms with Crippen LogP contribution in [0.15, 0.2) is 17.5 Å². The summed E-state index contributed by atoms with van der Waals surface area (Å²) in [5, 5.41) is 9.35. The first-order valence-corrected chi connectivity index (χ1v) is 7.51. The van der Waals surface area contributed by atoms with Gasteiger partial charge in [-0.05, 0) is 30.1 Å². The van der Waals surface area contributed by atoms with E-state index < -0.39 is 0 Å². The Labute approximate surface area is 117 Å². The summed E-state index contributed by atoms with van der Waals surface area (Å²) in [7, 11) is 0. The second kappa shape index (κ2) is 5.36. The number of H-pyrrole nitrogens is 1. The van der Waals surface area contributed by atoms with E-state index in [9.17, 15) is 0 Å². The van der Waals surface area contributed by atoms with Gasteiger partial charge in [0.05, 0.1) is 0 Å². The number of nitrogens with zero attached hydrogens (tertiary/aromatic N) is 2. The molecule has 0 fully saturated rings. The van der Waals surface area contributed by atoms with Crippen LogP contribution in [0.25, 0.3) is 0 Å². The average Bonchev–Trinajstić information content (AvgIpc) is 2.94. The molecule has 0 spiro atoms. The fourth-order valence-corrected chi connectivity index (χ4v) is 3.12. The number of aromatic nitrogens is 3. The van der Waals surface area contributed by atoms with E-state index in [-0.39, 0.29) is 5.41 Å². The van der Waals surface area contributed by atoms with Gasteiger partial charge in [-0.3, -0.25) is 5.10 Å². The van der Waals surface area contributed by atoms with E-state index in [0.717, 1.165) is 30.0 Å².